The largest absolute Gasteiger partial charge is 0.379 e. The van der Waals surface area contributed by atoms with Crippen LogP contribution in [-0.2, 0) is 19.2 Å². The molecule has 0 aromatic carbocycles. The maximum Gasteiger partial charge on any atom is 0.200 e. The fraction of sp³-hybridized carbons (Fsp3) is 0.628. The van der Waals surface area contributed by atoms with E-state index in [9.17, 15) is 19.2 Å². The normalized spacial score (nSPS) is 17.6. The molecule has 4 rings (SSSR count). The van der Waals surface area contributed by atoms with E-state index in [0.29, 0.717) is 38.9 Å². The molecule has 0 amide bonds. The van der Waals surface area contributed by atoms with Crippen molar-refractivity contribution in [3.8, 4) is 0 Å². The summed E-state index contributed by atoms with van der Waals surface area (Å²) in [5.74, 6) is 2.78. The molecule has 14 nitrogen and oxygen atoms in total. The summed E-state index contributed by atoms with van der Waals surface area (Å²) in [5, 5.41) is 2.85. The minimum absolute atomic E-state index is 0. The number of ketones is 4. The number of aliphatic imine (C=N–C) groups is 4. The van der Waals surface area contributed by atoms with Crippen molar-refractivity contribution in [1.29, 1.82) is 0 Å². The number of carbonyl (C=O) groups excluding carboxylic acids is 4. The molecule has 0 radical (unpaired) electrons. The molecule has 18 heteroatoms. The molecule has 0 fully saturated rings. The highest BCUT2D eigenvalue weighted by molar-refractivity contribution is 8.14. The minimum atomic E-state index is -0.450. The number of aryl methyl sites for hydroxylation is 1. The molecule has 0 saturated heterocycles. The summed E-state index contributed by atoms with van der Waals surface area (Å²) in [7, 11) is 3.27. The van der Waals surface area contributed by atoms with Crippen molar-refractivity contribution in [3.63, 3.8) is 0 Å². The topological polar surface area (TPSA) is 221 Å². The number of allylic oxidation sites excluding steroid dienone is 3. The Bertz CT molecular complexity index is 1890. The fourth-order valence-electron chi connectivity index (χ4n) is 5.04. The molecule has 0 aliphatic carbocycles. The van der Waals surface area contributed by atoms with E-state index in [-0.39, 0.29) is 53.5 Å². The summed E-state index contributed by atoms with van der Waals surface area (Å²) < 4.78 is 8.14. The van der Waals surface area contributed by atoms with Crippen molar-refractivity contribution in [2.24, 2.45) is 47.4 Å². The number of rotatable bonds is 8. The number of amidine groups is 1. The zero-order valence-corrected chi connectivity index (χ0v) is 42.0. The highest BCUT2D eigenvalue weighted by Crippen LogP contribution is 2.29. The van der Waals surface area contributed by atoms with Crippen LogP contribution >= 0.6 is 46.6 Å². The Balaban J connectivity index is 0.000000783. The second kappa shape index (κ2) is 24.2. The molecular formula is C43H70N10O4S4. The quantitative estimate of drug-likeness (QED) is 0.187. The van der Waals surface area contributed by atoms with E-state index in [1.165, 1.54) is 23.3 Å². The number of hydrogen-bond acceptors (Lipinski definition) is 18. The van der Waals surface area contributed by atoms with Gasteiger partial charge in [0.1, 0.15) is 22.5 Å². The zero-order chi connectivity index (χ0) is 46.6. The predicted molar refractivity (Wildman–Crippen MR) is 264 cm³/mol. The van der Waals surface area contributed by atoms with Gasteiger partial charge >= 0.3 is 0 Å². The number of thioether (sulfide) groups is 2. The first-order valence-electron chi connectivity index (χ1n) is 19.4. The molecule has 4 heterocycles. The molecule has 2 aliphatic rings. The van der Waals surface area contributed by atoms with Gasteiger partial charge in [0, 0.05) is 64.4 Å². The summed E-state index contributed by atoms with van der Waals surface area (Å²) in [6, 6.07) is -0.0848. The third-order valence-corrected chi connectivity index (χ3v) is 11.4. The number of nitrogen functional groups attached to an aromatic ring is 1. The van der Waals surface area contributed by atoms with Crippen LogP contribution in [0.4, 0.5) is 5.13 Å². The summed E-state index contributed by atoms with van der Waals surface area (Å²) in [4.78, 5) is 73.2. The maximum atomic E-state index is 12.1. The highest BCUT2D eigenvalue weighted by Gasteiger charge is 2.34. The first-order chi connectivity index (χ1) is 27.4. The Morgan fingerprint density at radius 3 is 1.48 bits per heavy atom. The Morgan fingerprint density at radius 1 is 0.639 bits per heavy atom. The van der Waals surface area contributed by atoms with Crippen molar-refractivity contribution < 1.29 is 19.2 Å². The lowest BCUT2D eigenvalue weighted by atomic mass is 9.84. The van der Waals surface area contributed by atoms with Crippen molar-refractivity contribution in [2.75, 3.05) is 31.3 Å². The van der Waals surface area contributed by atoms with E-state index in [0.717, 1.165) is 38.7 Å². The van der Waals surface area contributed by atoms with Gasteiger partial charge in [-0.05, 0) is 39.2 Å². The van der Waals surface area contributed by atoms with Gasteiger partial charge in [-0.15, -0.1) is 11.8 Å². The van der Waals surface area contributed by atoms with E-state index in [2.05, 4.69) is 38.7 Å². The number of hydrogen-bond donors (Lipinski definition) is 2. The van der Waals surface area contributed by atoms with Gasteiger partial charge in [0.15, 0.2) is 45.1 Å². The van der Waals surface area contributed by atoms with E-state index in [1.54, 1.807) is 38.9 Å². The van der Waals surface area contributed by atoms with Crippen LogP contribution in [0.1, 0.15) is 128 Å². The molecule has 2 aromatic heterocycles. The van der Waals surface area contributed by atoms with Gasteiger partial charge in [0.05, 0.1) is 16.7 Å². The first-order valence-corrected chi connectivity index (χ1v) is 22.9. The van der Waals surface area contributed by atoms with E-state index >= 15 is 0 Å². The number of aromatic nitrogens is 4. The molecule has 2 atom stereocenters. The van der Waals surface area contributed by atoms with Crippen LogP contribution in [0.2, 0.25) is 0 Å². The van der Waals surface area contributed by atoms with Crippen LogP contribution in [0.3, 0.4) is 0 Å². The maximum absolute atomic E-state index is 12.1. The first kappa shape index (κ1) is 57.3. The molecule has 2 aromatic rings. The highest BCUT2D eigenvalue weighted by atomic mass is 32.2. The van der Waals surface area contributed by atoms with Gasteiger partial charge in [0.2, 0.25) is 0 Å². The van der Waals surface area contributed by atoms with E-state index < -0.39 is 10.8 Å². The number of carbonyl (C=O) groups is 4. The SMILES string of the molecule is C.C/C=C(\C(=O)C(C)(C)C)C1CSC(N)=N1.C/C=C(\C(=O)C(C)(C)C)c1nsc(N)n1.CN=C(C(=O)C(C)(C)C)C1CSC(C)=N1.CN=C(C(=O)C(C)(C)C)c1nsc(C)n1. The van der Waals surface area contributed by atoms with Crippen LogP contribution in [0.5, 0.6) is 0 Å². The average molecular weight is 919 g/mol. The van der Waals surface area contributed by atoms with Crippen LogP contribution in [0.15, 0.2) is 37.7 Å². The van der Waals surface area contributed by atoms with Gasteiger partial charge in [-0.1, -0.05) is 114 Å². The van der Waals surface area contributed by atoms with E-state index in [4.69, 9.17) is 11.5 Å². The van der Waals surface area contributed by atoms with Crippen LogP contribution in [0.25, 0.3) is 5.57 Å². The monoisotopic (exact) mass is 918 g/mol. The third kappa shape index (κ3) is 17.9. The minimum Gasteiger partial charge on any atom is -0.379 e. The third-order valence-electron chi connectivity index (χ3n) is 8.30. The summed E-state index contributed by atoms with van der Waals surface area (Å²) >= 11 is 5.59. The van der Waals surface area contributed by atoms with Gasteiger partial charge in [-0.25, -0.2) is 4.98 Å². The Morgan fingerprint density at radius 2 is 1.15 bits per heavy atom. The number of nitrogens with two attached hydrogens (primary N) is 2. The van der Waals surface area contributed by atoms with Crippen LogP contribution in [-0.4, -0.2) is 101 Å². The van der Waals surface area contributed by atoms with Crippen molar-refractivity contribution in [2.45, 2.75) is 130 Å². The molecule has 0 saturated carbocycles. The lowest BCUT2D eigenvalue weighted by Crippen LogP contribution is -2.36. The Labute approximate surface area is 381 Å². The van der Waals surface area contributed by atoms with Crippen molar-refractivity contribution >= 4 is 102 Å². The number of nitrogens with zero attached hydrogens (tertiary/aromatic N) is 8. The summed E-state index contributed by atoms with van der Waals surface area (Å²) in [6.45, 7) is 30.2. The fourth-order valence-corrected chi connectivity index (χ4v) is 7.58. The second-order valence-electron chi connectivity index (χ2n) is 17.8. The number of Topliss-reactive ketones (excluding diaryl/α,β-unsaturated/α-hetero) is 4. The van der Waals surface area contributed by atoms with Gasteiger partial charge in [-0.2, -0.15) is 13.7 Å². The molecule has 0 bridgehead atoms. The lowest BCUT2D eigenvalue weighted by molar-refractivity contribution is -0.123. The molecule has 61 heavy (non-hydrogen) atoms. The molecule has 2 unspecified atom stereocenters. The average Bonchev–Trinajstić information content (AvgIpc) is 3.95. The Kier molecular flexibility index (Phi) is 22.7. The molecule has 2 aliphatic heterocycles. The van der Waals surface area contributed by atoms with Crippen LogP contribution < -0.4 is 11.5 Å². The van der Waals surface area contributed by atoms with Gasteiger partial charge in [0.25, 0.3) is 0 Å². The molecule has 340 valence electrons. The van der Waals surface area contributed by atoms with Crippen LogP contribution in [0, 0.1) is 28.6 Å². The van der Waals surface area contributed by atoms with Gasteiger partial charge < -0.3 is 11.5 Å². The van der Waals surface area contributed by atoms with Gasteiger partial charge in [-0.3, -0.25) is 39.1 Å². The lowest BCUT2D eigenvalue weighted by Gasteiger charge is -2.20. The predicted octanol–water partition coefficient (Wildman–Crippen LogP) is 8.84. The summed E-state index contributed by atoms with van der Waals surface area (Å²) in [6.07, 6.45) is 3.59. The summed E-state index contributed by atoms with van der Waals surface area (Å²) in [5.41, 5.74) is 11.8. The van der Waals surface area contributed by atoms with Crippen molar-refractivity contribution in [1.82, 2.24) is 18.7 Å². The molecule has 0 spiro atoms. The second-order valence-corrected chi connectivity index (χ2v) is 21.8. The molecular weight excluding hydrogens is 849 g/mol. The Hall–Kier alpha value is -3.74. The smallest absolute Gasteiger partial charge is 0.200 e. The number of anilines is 1. The van der Waals surface area contributed by atoms with Crippen molar-refractivity contribution in [3.05, 3.63) is 34.4 Å². The zero-order valence-electron chi connectivity index (χ0n) is 38.7. The standard InChI is InChI=1S/2C11H18N2OS.2C10H15N3OS.CH4/c1-7-13-8(6-15-7)9(12-5)10(14)11(2,3)4;1-5-7(9(14)11(2,3)4)8-6-15-10(12)13-8;1-6-12-9(13-15-6)7(11-5)8(14)10(2,3)4;1-5-6(7(14)10(2,3)4)8-12-9(11)15-13-8;/h8H,6H2,1-5H3;5,8H,6H2,1-4H3,(H2,12,13);1-5H3;5H,1-4H3,(H2,11,12,13);1H4/b;7-5-;;6-5+;. The van der Waals surface area contributed by atoms with E-state index in [1.807, 2.05) is 110 Å². The molecule has 4 N–H and O–H groups in total.